The molecule has 0 radical (unpaired) electrons. The Morgan fingerprint density at radius 2 is 2.03 bits per heavy atom. The van der Waals surface area contributed by atoms with E-state index in [4.69, 9.17) is 0 Å². The first-order valence-electron chi connectivity index (χ1n) is 9.64. The molecule has 0 bridgehead atoms. The molecule has 4 heterocycles. The molecule has 4 aromatic heterocycles. The van der Waals surface area contributed by atoms with Crippen LogP contribution in [-0.2, 0) is 0 Å². The first-order chi connectivity index (χ1) is 15.5. The van der Waals surface area contributed by atoms with E-state index in [-0.39, 0.29) is 11.2 Å². The van der Waals surface area contributed by atoms with Crippen molar-refractivity contribution in [3.8, 4) is 11.9 Å². The average molecular weight is 425 g/mol. The molecule has 0 fully saturated rings. The lowest BCUT2D eigenvalue weighted by atomic mass is 10.1. The number of benzene rings is 1. The van der Waals surface area contributed by atoms with Gasteiger partial charge in [0.05, 0.1) is 28.7 Å². The molecule has 0 amide bonds. The van der Waals surface area contributed by atoms with Gasteiger partial charge in [-0.15, -0.1) is 0 Å². The highest BCUT2D eigenvalue weighted by atomic mass is 16.4. The van der Waals surface area contributed by atoms with Crippen LogP contribution in [0, 0.1) is 11.3 Å². The number of aromatic nitrogens is 6. The van der Waals surface area contributed by atoms with E-state index >= 15 is 0 Å². The zero-order valence-electron chi connectivity index (χ0n) is 16.7. The van der Waals surface area contributed by atoms with Crippen LogP contribution in [0.1, 0.15) is 24.1 Å². The van der Waals surface area contributed by atoms with E-state index in [0.717, 1.165) is 5.56 Å². The largest absolute Gasteiger partial charge is 0.464 e. The van der Waals surface area contributed by atoms with Crippen molar-refractivity contribution >= 4 is 28.3 Å². The monoisotopic (exact) mass is 425 g/mol. The molecular weight excluding hydrogens is 410 g/mol. The number of carboxylic acid groups (broad SMARTS) is 1. The molecular formula is C22H15N7O3. The normalized spacial score (nSPS) is 12.1. The summed E-state index contributed by atoms with van der Waals surface area (Å²) in [4.78, 5) is 38.0. The van der Waals surface area contributed by atoms with Crippen molar-refractivity contribution in [3.63, 3.8) is 0 Å². The lowest BCUT2D eigenvalue weighted by Crippen LogP contribution is -2.30. The van der Waals surface area contributed by atoms with E-state index in [2.05, 4.69) is 21.0 Å². The van der Waals surface area contributed by atoms with Crippen molar-refractivity contribution in [1.29, 1.82) is 5.26 Å². The minimum atomic E-state index is -1.39. The van der Waals surface area contributed by atoms with Crippen LogP contribution in [0.3, 0.4) is 0 Å². The number of hydrogen-bond donors (Lipinski definition) is 1. The topological polar surface area (TPSA) is 132 Å². The standard InChI is InChI=1S/C22H15N7O3/c1-13(15-3-2-8-24-11-15)28-20-17(29(21(28)30)22(31)32)6-7-19(26-20)27-12-25-16-5-4-14(10-23)9-18(16)27/h2-9,11-13H,1H3,(H,31,32)/t13-/m1/s1. The summed E-state index contributed by atoms with van der Waals surface area (Å²) in [6, 6.07) is 13.4. The fraction of sp³-hybridized carbons (Fsp3) is 0.0909. The summed E-state index contributed by atoms with van der Waals surface area (Å²) >= 11 is 0. The van der Waals surface area contributed by atoms with E-state index in [9.17, 15) is 20.0 Å². The summed E-state index contributed by atoms with van der Waals surface area (Å²) in [5.74, 6) is 0.435. The first kappa shape index (κ1) is 19.2. The lowest BCUT2D eigenvalue weighted by Gasteiger charge is -2.13. The van der Waals surface area contributed by atoms with E-state index in [1.54, 1.807) is 66.6 Å². The van der Waals surface area contributed by atoms with Crippen LogP contribution in [0.4, 0.5) is 4.79 Å². The number of hydrogen-bond acceptors (Lipinski definition) is 6. The maximum atomic E-state index is 13.1. The first-order valence-corrected chi connectivity index (χ1v) is 9.64. The predicted octanol–water partition coefficient (Wildman–Crippen LogP) is 2.94. The molecule has 1 N–H and O–H groups in total. The molecule has 5 aromatic rings. The summed E-state index contributed by atoms with van der Waals surface area (Å²) < 4.78 is 3.71. The molecule has 1 atom stereocenters. The van der Waals surface area contributed by atoms with Crippen molar-refractivity contribution in [3.05, 3.63) is 82.8 Å². The van der Waals surface area contributed by atoms with Crippen LogP contribution >= 0.6 is 0 Å². The number of imidazole rings is 2. The van der Waals surface area contributed by atoms with Crippen LogP contribution < -0.4 is 5.69 Å². The molecule has 0 aliphatic carbocycles. The second-order valence-electron chi connectivity index (χ2n) is 7.17. The second kappa shape index (κ2) is 7.17. The number of pyridine rings is 2. The van der Waals surface area contributed by atoms with E-state index in [0.29, 0.717) is 27.0 Å². The number of fused-ring (bicyclic) bond motifs is 2. The average Bonchev–Trinajstić information content (AvgIpc) is 3.36. The summed E-state index contributed by atoms with van der Waals surface area (Å²) in [5.41, 5.74) is 2.22. The molecule has 0 aliphatic heterocycles. The fourth-order valence-electron chi connectivity index (χ4n) is 3.78. The SMILES string of the molecule is C[C@H](c1cccnc1)n1c(=O)n(C(=O)O)c2ccc(-n3cnc4ccc(C#N)cc43)nc21. The summed E-state index contributed by atoms with van der Waals surface area (Å²) in [7, 11) is 0. The Bertz CT molecular complexity index is 1610. The Labute approximate surface area is 180 Å². The molecule has 0 saturated heterocycles. The number of nitriles is 1. The number of rotatable bonds is 3. The van der Waals surface area contributed by atoms with E-state index in [1.807, 2.05) is 6.07 Å². The predicted molar refractivity (Wildman–Crippen MR) is 115 cm³/mol. The molecule has 10 heteroatoms. The van der Waals surface area contributed by atoms with Gasteiger partial charge in [-0.2, -0.15) is 9.83 Å². The van der Waals surface area contributed by atoms with Crippen molar-refractivity contribution in [2.24, 2.45) is 0 Å². The summed E-state index contributed by atoms with van der Waals surface area (Å²) in [6.07, 6.45) is 3.42. The van der Waals surface area contributed by atoms with Crippen LogP contribution in [-0.4, -0.2) is 39.9 Å². The fourth-order valence-corrected chi connectivity index (χ4v) is 3.78. The van der Waals surface area contributed by atoms with Gasteiger partial charge in [-0.05, 0) is 48.9 Å². The van der Waals surface area contributed by atoms with Gasteiger partial charge in [0, 0.05) is 12.4 Å². The molecule has 5 rings (SSSR count). The van der Waals surface area contributed by atoms with Gasteiger partial charge in [-0.25, -0.2) is 19.6 Å². The van der Waals surface area contributed by atoms with Crippen LogP contribution in [0.25, 0.3) is 28.0 Å². The summed E-state index contributed by atoms with van der Waals surface area (Å²) in [6.45, 7) is 1.78. The van der Waals surface area contributed by atoms with Gasteiger partial charge in [0.1, 0.15) is 17.7 Å². The minimum Gasteiger partial charge on any atom is -0.464 e. The Kier molecular flexibility index (Phi) is 4.30. The smallest absolute Gasteiger partial charge is 0.420 e. The van der Waals surface area contributed by atoms with Crippen molar-refractivity contribution < 1.29 is 9.90 Å². The van der Waals surface area contributed by atoms with Gasteiger partial charge < -0.3 is 5.11 Å². The van der Waals surface area contributed by atoms with Gasteiger partial charge in [0.15, 0.2) is 5.65 Å². The van der Waals surface area contributed by atoms with Crippen molar-refractivity contribution in [2.75, 3.05) is 0 Å². The molecule has 32 heavy (non-hydrogen) atoms. The van der Waals surface area contributed by atoms with Gasteiger partial charge in [-0.1, -0.05) is 6.07 Å². The van der Waals surface area contributed by atoms with Crippen LogP contribution in [0.2, 0.25) is 0 Å². The second-order valence-corrected chi connectivity index (χ2v) is 7.17. The van der Waals surface area contributed by atoms with E-state index in [1.165, 1.54) is 4.57 Å². The Morgan fingerprint density at radius 1 is 1.19 bits per heavy atom. The zero-order valence-corrected chi connectivity index (χ0v) is 16.7. The third-order valence-electron chi connectivity index (χ3n) is 5.37. The summed E-state index contributed by atoms with van der Waals surface area (Å²) in [5, 5.41) is 18.9. The maximum Gasteiger partial charge on any atom is 0.420 e. The maximum absolute atomic E-state index is 13.1. The van der Waals surface area contributed by atoms with Gasteiger partial charge in [-0.3, -0.25) is 14.1 Å². The van der Waals surface area contributed by atoms with Gasteiger partial charge in [0.2, 0.25) is 0 Å². The highest BCUT2D eigenvalue weighted by molar-refractivity contribution is 5.85. The molecule has 10 nitrogen and oxygen atoms in total. The molecule has 0 unspecified atom stereocenters. The Hall–Kier alpha value is -4.78. The van der Waals surface area contributed by atoms with Crippen LogP contribution in [0.5, 0.6) is 0 Å². The van der Waals surface area contributed by atoms with E-state index < -0.39 is 17.8 Å². The Balaban J connectivity index is 1.78. The Morgan fingerprint density at radius 3 is 2.75 bits per heavy atom. The molecule has 1 aromatic carbocycles. The van der Waals surface area contributed by atoms with Crippen molar-refractivity contribution in [1.82, 2.24) is 28.7 Å². The van der Waals surface area contributed by atoms with Crippen molar-refractivity contribution in [2.45, 2.75) is 13.0 Å². The third kappa shape index (κ3) is 2.84. The zero-order chi connectivity index (χ0) is 22.4. The highest BCUT2D eigenvalue weighted by Gasteiger charge is 2.24. The highest BCUT2D eigenvalue weighted by Crippen LogP contribution is 2.24. The lowest BCUT2D eigenvalue weighted by molar-refractivity contribution is 0.196. The number of nitrogens with zero attached hydrogens (tertiary/aromatic N) is 7. The molecule has 0 saturated carbocycles. The molecule has 0 aliphatic rings. The molecule has 156 valence electrons. The molecule has 0 spiro atoms. The quantitative estimate of drug-likeness (QED) is 0.470. The number of carbonyl (C=O) groups is 1. The minimum absolute atomic E-state index is 0.170. The van der Waals surface area contributed by atoms with Crippen LogP contribution in [0.15, 0.2) is 66.0 Å². The third-order valence-corrected chi connectivity index (χ3v) is 5.37. The van der Waals surface area contributed by atoms with Gasteiger partial charge in [0.25, 0.3) is 0 Å². The van der Waals surface area contributed by atoms with Gasteiger partial charge >= 0.3 is 11.8 Å².